The third-order valence-corrected chi connectivity index (χ3v) is 2.55. The number of hydrogen-bond donors (Lipinski definition) is 1. The van der Waals surface area contributed by atoms with E-state index in [1.165, 1.54) is 0 Å². The van der Waals surface area contributed by atoms with E-state index in [1.54, 1.807) is 0 Å². The second-order valence-corrected chi connectivity index (χ2v) is 3.96. The van der Waals surface area contributed by atoms with E-state index in [1.807, 2.05) is 55.5 Å². The highest BCUT2D eigenvalue weighted by atomic mass is 16.1. The average molecular weight is 224 g/mol. The first-order valence-electron chi connectivity index (χ1n) is 5.55. The Morgan fingerprint density at radius 1 is 1.12 bits per heavy atom. The van der Waals surface area contributed by atoms with Crippen molar-refractivity contribution < 1.29 is 4.79 Å². The zero-order valence-electron chi connectivity index (χ0n) is 9.73. The molecule has 0 spiro atoms. The van der Waals surface area contributed by atoms with E-state index in [0.29, 0.717) is 12.1 Å². The number of carbonyl (C=O) groups excluding carboxylic acids is 1. The summed E-state index contributed by atoms with van der Waals surface area (Å²) in [5.74, 6) is -0.0437. The summed E-state index contributed by atoms with van der Waals surface area (Å²) < 4.78 is 0. The molecule has 2 heteroatoms. The Hall–Kier alpha value is -2.09. The summed E-state index contributed by atoms with van der Waals surface area (Å²) in [7, 11) is 0. The van der Waals surface area contributed by atoms with Gasteiger partial charge in [0.25, 0.3) is 5.91 Å². The molecule has 0 atom stereocenters. The molecule has 0 aromatic heterocycles. The predicted molar refractivity (Wildman–Crippen MR) is 67.6 cm³/mol. The third-order valence-electron chi connectivity index (χ3n) is 2.55. The summed E-state index contributed by atoms with van der Waals surface area (Å²) in [6.07, 6.45) is 0. The number of nitrogens with one attached hydrogen (secondary N) is 1. The van der Waals surface area contributed by atoms with Gasteiger partial charge >= 0.3 is 0 Å². The highest BCUT2D eigenvalue weighted by molar-refractivity contribution is 5.94. The van der Waals surface area contributed by atoms with Crippen LogP contribution in [-0.2, 0) is 6.54 Å². The van der Waals surface area contributed by atoms with Crippen molar-refractivity contribution in [3.8, 4) is 0 Å². The van der Waals surface area contributed by atoms with Crippen LogP contribution in [0, 0.1) is 13.0 Å². The van der Waals surface area contributed by atoms with Crippen LogP contribution >= 0.6 is 0 Å². The van der Waals surface area contributed by atoms with Gasteiger partial charge < -0.3 is 5.32 Å². The molecule has 2 rings (SSSR count). The highest BCUT2D eigenvalue weighted by Gasteiger charge is 2.03. The van der Waals surface area contributed by atoms with Crippen LogP contribution in [0.3, 0.4) is 0 Å². The van der Waals surface area contributed by atoms with Gasteiger partial charge in [-0.3, -0.25) is 4.79 Å². The van der Waals surface area contributed by atoms with Gasteiger partial charge in [0.2, 0.25) is 0 Å². The molecule has 2 aromatic rings. The monoisotopic (exact) mass is 224 g/mol. The lowest BCUT2D eigenvalue weighted by Crippen LogP contribution is -2.22. The van der Waals surface area contributed by atoms with Crippen molar-refractivity contribution in [1.29, 1.82) is 0 Å². The van der Waals surface area contributed by atoms with E-state index >= 15 is 0 Å². The van der Waals surface area contributed by atoms with Crippen LogP contribution in [0.2, 0.25) is 0 Å². The Morgan fingerprint density at radius 2 is 1.76 bits per heavy atom. The van der Waals surface area contributed by atoms with Crippen molar-refractivity contribution in [2.45, 2.75) is 13.5 Å². The standard InChI is InChI=1S/C15H14NO/c1-12-7-9-14(10-8-12)15(17)16-11-13-5-3-2-4-6-13/h3-10H,11H2,1H3,(H,16,17). The molecule has 0 saturated heterocycles. The van der Waals surface area contributed by atoms with Gasteiger partial charge in [0, 0.05) is 12.1 Å². The SMILES string of the molecule is Cc1ccc(C(=O)NCc2cc[c]cc2)cc1. The van der Waals surface area contributed by atoms with Crippen LogP contribution < -0.4 is 5.32 Å². The third kappa shape index (κ3) is 3.18. The molecular weight excluding hydrogens is 210 g/mol. The predicted octanol–water partition coefficient (Wildman–Crippen LogP) is 2.73. The smallest absolute Gasteiger partial charge is 0.251 e. The second-order valence-electron chi connectivity index (χ2n) is 3.96. The number of rotatable bonds is 3. The lowest BCUT2D eigenvalue weighted by atomic mass is 10.1. The topological polar surface area (TPSA) is 29.1 Å². The van der Waals surface area contributed by atoms with Crippen LogP contribution in [-0.4, -0.2) is 5.91 Å². The molecule has 85 valence electrons. The van der Waals surface area contributed by atoms with Gasteiger partial charge in [-0.1, -0.05) is 42.0 Å². The van der Waals surface area contributed by atoms with Crippen LogP contribution in [0.25, 0.3) is 0 Å². The van der Waals surface area contributed by atoms with E-state index in [2.05, 4.69) is 11.4 Å². The quantitative estimate of drug-likeness (QED) is 0.853. The Bertz CT molecular complexity index is 488. The van der Waals surface area contributed by atoms with Crippen molar-refractivity contribution in [3.05, 3.63) is 71.3 Å². The minimum absolute atomic E-state index is 0.0437. The molecule has 1 N–H and O–H groups in total. The van der Waals surface area contributed by atoms with Crippen LogP contribution in [0.1, 0.15) is 21.5 Å². The van der Waals surface area contributed by atoms with E-state index < -0.39 is 0 Å². The molecule has 1 amide bonds. The fourth-order valence-corrected chi connectivity index (χ4v) is 1.53. The summed E-state index contributed by atoms with van der Waals surface area (Å²) in [6, 6.07) is 18.1. The van der Waals surface area contributed by atoms with Gasteiger partial charge in [0.1, 0.15) is 0 Å². The number of carbonyl (C=O) groups is 1. The molecule has 0 fully saturated rings. The van der Waals surface area contributed by atoms with E-state index in [9.17, 15) is 4.79 Å². The zero-order valence-corrected chi connectivity index (χ0v) is 9.73. The Labute approximate surface area is 101 Å². The van der Waals surface area contributed by atoms with E-state index in [0.717, 1.165) is 11.1 Å². The summed E-state index contributed by atoms with van der Waals surface area (Å²) in [4.78, 5) is 11.8. The van der Waals surface area contributed by atoms with Crippen molar-refractivity contribution in [2.75, 3.05) is 0 Å². The van der Waals surface area contributed by atoms with Gasteiger partial charge in [-0.2, -0.15) is 0 Å². The first-order chi connectivity index (χ1) is 8.25. The van der Waals surface area contributed by atoms with Gasteiger partial charge in [0.15, 0.2) is 0 Å². The fourth-order valence-electron chi connectivity index (χ4n) is 1.53. The molecule has 0 aliphatic heterocycles. The summed E-state index contributed by atoms with van der Waals surface area (Å²) in [6.45, 7) is 2.55. The number of aryl methyl sites for hydroxylation is 1. The molecular formula is C15H14NO. The van der Waals surface area contributed by atoms with Gasteiger partial charge in [0.05, 0.1) is 0 Å². The van der Waals surface area contributed by atoms with Crippen molar-refractivity contribution >= 4 is 5.91 Å². The van der Waals surface area contributed by atoms with Crippen molar-refractivity contribution in [2.24, 2.45) is 0 Å². The molecule has 0 bridgehead atoms. The number of amides is 1. The molecule has 0 aliphatic carbocycles. The summed E-state index contributed by atoms with van der Waals surface area (Å²) in [5, 5.41) is 2.88. The minimum Gasteiger partial charge on any atom is -0.348 e. The molecule has 1 radical (unpaired) electrons. The number of hydrogen-bond acceptors (Lipinski definition) is 1. The molecule has 0 aliphatic rings. The average Bonchev–Trinajstić information content (AvgIpc) is 2.38. The Morgan fingerprint density at radius 3 is 2.41 bits per heavy atom. The largest absolute Gasteiger partial charge is 0.348 e. The molecule has 2 aromatic carbocycles. The second kappa shape index (κ2) is 5.30. The lowest BCUT2D eigenvalue weighted by molar-refractivity contribution is 0.0951. The summed E-state index contributed by atoms with van der Waals surface area (Å²) >= 11 is 0. The highest BCUT2D eigenvalue weighted by Crippen LogP contribution is 2.04. The first kappa shape index (κ1) is 11.4. The Kier molecular flexibility index (Phi) is 3.55. The Balaban J connectivity index is 1.96. The maximum Gasteiger partial charge on any atom is 0.251 e. The minimum atomic E-state index is -0.0437. The van der Waals surface area contributed by atoms with Gasteiger partial charge in [-0.25, -0.2) is 0 Å². The normalized spacial score (nSPS) is 9.94. The van der Waals surface area contributed by atoms with Gasteiger partial charge in [-0.15, -0.1) is 0 Å². The van der Waals surface area contributed by atoms with Crippen LogP contribution in [0.4, 0.5) is 0 Å². The van der Waals surface area contributed by atoms with Crippen molar-refractivity contribution in [1.82, 2.24) is 5.32 Å². The molecule has 0 saturated carbocycles. The molecule has 0 heterocycles. The van der Waals surface area contributed by atoms with Gasteiger partial charge in [-0.05, 0) is 30.7 Å². The van der Waals surface area contributed by atoms with Crippen LogP contribution in [0.5, 0.6) is 0 Å². The fraction of sp³-hybridized carbons (Fsp3) is 0.133. The number of benzene rings is 2. The molecule has 0 unspecified atom stereocenters. The zero-order chi connectivity index (χ0) is 12.1. The molecule has 2 nitrogen and oxygen atoms in total. The van der Waals surface area contributed by atoms with E-state index in [4.69, 9.17) is 0 Å². The summed E-state index contributed by atoms with van der Waals surface area (Å²) in [5.41, 5.74) is 2.92. The van der Waals surface area contributed by atoms with Crippen molar-refractivity contribution in [3.63, 3.8) is 0 Å². The lowest BCUT2D eigenvalue weighted by Gasteiger charge is -2.05. The maximum absolute atomic E-state index is 11.8. The maximum atomic E-state index is 11.8. The van der Waals surface area contributed by atoms with Crippen LogP contribution in [0.15, 0.2) is 48.5 Å². The first-order valence-corrected chi connectivity index (χ1v) is 5.55. The van der Waals surface area contributed by atoms with E-state index in [-0.39, 0.29) is 5.91 Å². The molecule has 17 heavy (non-hydrogen) atoms.